The van der Waals surface area contributed by atoms with Gasteiger partial charge in [-0.3, -0.25) is 5.41 Å². The van der Waals surface area contributed by atoms with Crippen LogP contribution >= 0.6 is 0 Å². The second-order valence-electron chi connectivity index (χ2n) is 3.32. The van der Waals surface area contributed by atoms with Crippen molar-refractivity contribution in [3.63, 3.8) is 0 Å². The van der Waals surface area contributed by atoms with E-state index < -0.39 is 24.4 Å². The Morgan fingerprint density at radius 1 is 1.35 bits per heavy atom. The average molecular weight is 250 g/mol. The Bertz CT molecular complexity index is 417. The van der Waals surface area contributed by atoms with E-state index in [4.69, 9.17) is 11.1 Å². The summed E-state index contributed by atoms with van der Waals surface area (Å²) in [5.74, 6) is -1.04. The molecule has 1 aromatic carbocycles. The summed E-state index contributed by atoms with van der Waals surface area (Å²) in [6, 6.07) is 3.29. The van der Waals surface area contributed by atoms with Gasteiger partial charge in [-0.1, -0.05) is 6.07 Å². The van der Waals surface area contributed by atoms with Crippen LogP contribution in [0.4, 0.5) is 17.6 Å². The van der Waals surface area contributed by atoms with E-state index >= 15 is 0 Å². The van der Waals surface area contributed by atoms with Crippen molar-refractivity contribution < 1.29 is 22.3 Å². The Morgan fingerprint density at radius 3 is 2.53 bits per heavy atom. The molecule has 3 N–H and O–H groups in total. The lowest BCUT2D eigenvalue weighted by molar-refractivity contribution is -0.176. The predicted molar refractivity (Wildman–Crippen MR) is 53.1 cm³/mol. The first-order valence-electron chi connectivity index (χ1n) is 4.57. The van der Waals surface area contributed by atoms with Crippen molar-refractivity contribution in [1.29, 1.82) is 5.41 Å². The number of hydrogen-bond acceptors (Lipinski definition) is 2. The summed E-state index contributed by atoms with van der Waals surface area (Å²) >= 11 is 0. The third kappa shape index (κ3) is 4.39. The number of halogens is 4. The van der Waals surface area contributed by atoms with E-state index in [2.05, 4.69) is 4.74 Å². The monoisotopic (exact) mass is 250 g/mol. The summed E-state index contributed by atoms with van der Waals surface area (Å²) in [5.41, 5.74) is 5.45. The van der Waals surface area contributed by atoms with E-state index in [1.807, 2.05) is 0 Å². The SMILES string of the molecule is N=C(N)c1cc(F)ccc1COCC(F)(F)F. The van der Waals surface area contributed by atoms with Crippen molar-refractivity contribution in [2.75, 3.05) is 6.61 Å². The zero-order valence-corrected chi connectivity index (χ0v) is 8.64. The third-order valence-electron chi connectivity index (χ3n) is 1.89. The molecule has 0 aliphatic heterocycles. The van der Waals surface area contributed by atoms with Gasteiger partial charge in [0.15, 0.2) is 0 Å². The van der Waals surface area contributed by atoms with Crippen molar-refractivity contribution in [2.45, 2.75) is 12.8 Å². The molecule has 0 unspecified atom stereocenters. The van der Waals surface area contributed by atoms with E-state index in [1.54, 1.807) is 0 Å². The van der Waals surface area contributed by atoms with E-state index in [-0.39, 0.29) is 17.7 Å². The number of benzene rings is 1. The van der Waals surface area contributed by atoms with Crippen molar-refractivity contribution in [3.8, 4) is 0 Å². The fraction of sp³-hybridized carbons (Fsp3) is 0.300. The van der Waals surface area contributed by atoms with Crippen molar-refractivity contribution in [1.82, 2.24) is 0 Å². The lowest BCUT2D eigenvalue weighted by Crippen LogP contribution is -2.19. The quantitative estimate of drug-likeness (QED) is 0.489. The van der Waals surface area contributed by atoms with Crippen LogP contribution in [-0.4, -0.2) is 18.6 Å². The number of ether oxygens (including phenoxy) is 1. The minimum atomic E-state index is -4.42. The van der Waals surface area contributed by atoms with Gasteiger partial charge in [0.05, 0.1) is 6.61 Å². The van der Waals surface area contributed by atoms with Gasteiger partial charge in [-0.05, 0) is 17.7 Å². The number of nitrogen functional groups attached to an aromatic ring is 1. The largest absolute Gasteiger partial charge is 0.411 e. The lowest BCUT2D eigenvalue weighted by atomic mass is 10.1. The molecule has 3 nitrogen and oxygen atoms in total. The summed E-state index contributed by atoms with van der Waals surface area (Å²) in [6.07, 6.45) is -4.42. The number of hydrogen-bond donors (Lipinski definition) is 2. The fourth-order valence-corrected chi connectivity index (χ4v) is 1.20. The molecule has 0 atom stereocenters. The Labute approximate surface area is 94.7 Å². The summed E-state index contributed by atoms with van der Waals surface area (Å²) in [7, 11) is 0. The molecule has 0 fully saturated rings. The Morgan fingerprint density at radius 2 is 2.00 bits per heavy atom. The van der Waals surface area contributed by atoms with Gasteiger partial charge in [-0.15, -0.1) is 0 Å². The Hall–Kier alpha value is -1.63. The van der Waals surface area contributed by atoms with Gasteiger partial charge in [0.1, 0.15) is 18.3 Å². The minimum absolute atomic E-state index is 0.0344. The van der Waals surface area contributed by atoms with E-state index in [0.717, 1.165) is 12.1 Å². The van der Waals surface area contributed by atoms with E-state index in [1.165, 1.54) is 6.07 Å². The number of nitrogens with two attached hydrogens (primary N) is 1. The standard InChI is InChI=1S/C10H10F4N2O/c11-7-2-1-6(8(3-7)9(15)16)4-17-5-10(12,13)14/h1-3H,4-5H2,(H3,15,16). The first-order valence-corrected chi connectivity index (χ1v) is 4.57. The highest BCUT2D eigenvalue weighted by Crippen LogP contribution is 2.17. The topological polar surface area (TPSA) is 59.1 Å². The van der Waals surface area contributed by atoms with E-state index in [9.17, 15) is 17.6 Å². The third-order valence-corrected chi connectivity index (χ3v) is 1.89. The van der Waals surface area contributed by atoms with Crippen LogP contribution in [0.1, 0.15) is 11.1 Å². The molecule has 0 saturated carbocycles. The molecule has 1 aromatic rings. The van der Waals surface area contributed by atoms with Gasteiger partial charge in [-0.25, -0.2) is 4.39 Å². The van der Waals surface area contributed by atoms with Crippen molar-refractivity contribution in [2.24, 2.45) is 5.73 Å². The van der Waals surface area contributed by atoms with Gasteiger partial charge in [0.25, 0.3) is 0 Å². The van der Waals surface area contributed by atoms with Gasteiger partial charge in [-0.2, -0.15) is 13.2 Å². The molecule has 0 saturated heterocycles. The smallest absolute Gasteiger partial charge is 0.384 e. The lowest BCUT2D eigenvalue weighted by Gasteiger charge is -2.10. The Kier molecular flexibility index (Phi) is 4.06. The summed E-state index contributed by atoms with van der Waals surface area (Å²) < 4.78 is 52.8. The van der Waals surface area contributed by atoms with Crippen LogP contribution < -0.4 is 5.73 Å². The molecule has 17 heavy (non-hydrogen) atoms. The predicted octanol–water partition coefficient (Wildman–Crippen LogP) is 2.19. The van der Waals surface area contributed by atoms with Crippen molar-refractivity contribution in [3.05, 3.63) is 35.1 Å². The molecule has 0 aliphatic rings. The highest BCUT2D eigenvalue weighted by molar-refractivity contribution is 5.96. The second kappa shape index (κ2) is 5.13. The van der Waals surface area contributed by atoms with Crippen LogP contribution in [0.2, 0.25) is 0 Å². The highest BCUT2D eigenvalue weighted by Gasteiger charge is 2.27. The van der Waals surface area contributed by atoms with Crippen LogP contribution in [-0.2, 0) is 11.3 Å². The summed E-state index contributed by atoms with van der Waals surface area (Å²) in [4.78, 5) is 0. The molecule has 0 amide bonds. The van der Waals surface area contributed by atoms with Crippen LogP contribution in [0.15, 0.2) is 18.2 Å². The molecule has 94 valence electrons. The molecule has 0 spiro atoms. The van der Waals surface area contributed by atoms with Crippen LogP contribution in [0.3, 0.4) is 0 Å². The molecule has 0 radical (unpaired) electrons. The average Bonchev–Trinajstić information content (AvgIpc) is 2.18. The summed E-state index contributed by atoms with van der Waals surface area (Å²) in [6.45, 7) is -1.78. The number of amidine groups is 1. The van der Waals surface area contributed by atoms with Gasteiger partial charge >= 0.3 is 6.18 Å². The Balaban J connectivity index is 2.74. The van der Waals surface area contributed by atoms with Gasteiger partial charge in [0.2, 0.25) is 0 Å². The molecular formula is C10H10F4N2O. The fourth-order valence-electron chi connectivity index (χ4n) is 1.20. The zero-order chi connectivity index (χ0) is 13.1. The second-order valence-corrected chi connectivity index (χ2v) is 3.32. The van der Waals surface area contributed by atoms with Crippen LogP contribution in [0.5, 0.6) is 0 Å². The summed E-state index contributed by atoms with van der Waals surface area (Å²) in [5, 5.41) is 7.16. The first kappa shape index (κ1) is 13.4. The highest BCUT2D eigenvalue weighted by atomic mass is 19.4. The maximum Gasteiger partial charge on any atom is 0.411 e. The van der Waals surface area contributed by atoms with Crippen LogP contribution in [0.25, 0.3) is 0 Å². The van der Waals surface area contributed by atoms with Crippen LogP contribution in [0, 0.1) is 11.2 Å². The first-order chi connectivity index (χ1) is 7.79. The zero-order valence-electron chi connectivity index (χ0n) is 8.64. The number of alkyl halides is 3. The van der Waals surface area contributed by atoms with E-state index in [0.29, 0.717) is 0 Å². The molecule has 1 rings (SSSR count). The van der Waals surface area contributed by atoms with Gasteiger partial charge < -0.3 is 10.5 Å². The molecule has 0 bridgehead atoms. The van der Waals surface area contributed by atoms with Gasteiger partial charge in [0, 0.05) is 5.56 Å². The molecule has 0 aromatic heterocycles. The molecule has 0 aliphatic carbocycles. The number of nitrogens with one attached hydrogen (secondary N) is 1. The number of rotatable bonds is 4. The maximum atomic E-state index is 12.8. The normalized spacial score (nSPS) is 11.5. The maximum absolute atomic E-state index is 12.8. The molecular weight excluding hydrogens is 240 g/mol. The molecule has 0 heterocycles. The minimum Gasteiger partial charge on any atom is -0.384 e. The van der Waals surface area contributed by atoms with Crippen molar-refractivity contribution >= 4 is 5.84 Å². The molecule has 7 heteroatoms.